The highest BCUT2D eigenvalue weighted by Crippen LogP contribution is 2.36. The minimum atomic E-state index is -0.665. The Labute approximate surface area is 229 Å². The van der Waals surface area contributed by atoms with Crippen molar-refractivity contribution in [1.82, 2.24) is 24.3 Å². The molecule has 0 spiro atoms. The van der Waals surface area contributed by atoms with Gasteiger partial charge in [0.05, 0.1) is 24.9 Å². The van der Waals surface area contributed by atoms with E-state index < -0.39 is 5.60 Å². The molecule has 208 valence electrons. The Kier molecular flexibility index (Phi) is 6.58. The first-order valence-electron chi connectivity index (χ1n) is 14.8. The molecule has 0 atom stereocenters. The van der Waals surface area contributed by atoms with Crippen LogP contribution in [0.15, 0.2) is 29.2 Å². The third kappa shape index (κ3) is 5.17. The maximum Gasteiger partial charge on any atom is 0.260 e. The first-order valence-corrected chi connectivity index (χ1v) is 14.8. The van der Waals surface area contributed by atoms with E-state index in [2.05, 4.69) is 38.3 Å². The summed E-state index contributed by atoms with van der Waals surface area (Å²) in [6.07, 6.45) is 7.28. The van der Waals surface area contributed by atoms with Crippen LogP contribution in [-0.2, 0) is 11.3 Å². The second-order valence-electron chi connectivity index (χ2n) is 12.5. The van der Waals surface area contributed by atoms with E-state index in [9.17, 15) is 9.90 Å². The third-order valence-electron chi connectivity index (χ3n) is 9.41. The maximum atomic E-state index is 14.2. The van der Waals surface area contributed by atoms with Crippen molar-refractivity contribution in [2.45, 2.75) is 69.7 Å². The Hall–Kier alpha value is -2.59. The maximum absolute atomic E-state index is 14.2. The smallest absolute Gasteiger partial charge is 0.260 e. The quantitative estimate of drug-likeness (QED) is 0.448. The van der Waals surface area contributed by atoms with Gasteiger partial charge in [0.15, 0.2) is 0 Å². The number of rotatable bonds is 7. The average molecular weight is 533 g/mol. The number of benzene rings is 1. The van der Waals surface area contributed by atoms with E-state index in [1.807, 2.05) is 17.7 Å². The molecule has 2 saturated carbocycles. The number of pyridine rings is 1. The Morgan fingerprint density at radius 3 is 2.49 bits per heavy atom. The van der Waals surface area contributed by atoms with Gasteiger partial charge in [-0.05, 0) is 68.4 Å². The minimum absolute atomic E-state index is 0.0167. The van der Waals surface area contributed by atoms with Crippen LogP contribution in [0.3, 0.4) is 0 Å². The number of nitrogens with one attached hydrogen (secondary N) is 1. The standard InChI is InChI=1S/C30H40N6O3/c1-30(38)8-6-22(7-9-30)36-27-26(16-32-29(33-27)31-15-20-2-3-20)24-5-4-21(14-25(24)28(36)37)17-34-10-12-35(13-11-34)23-18-39-19-23/h4-5,14,16,20,22-23,38H,2-3,6-13,15,17-19H2,1H3,(H,31,32,33). The molecule has 2 aliphatic heterocycles. The summed E-state index contributed by atoms with van der Waals surface area (Å²) in [4.78, 5) is 28.8. The molecule has 2 aromatic heterocycles. The van der Waals surface area contributed by atoms with Crippen molar-refractivity contribution in [1.29, 1.82) is 0 Å². The molecule has 2 N–H and O–H groups in total. The number of aliphatic hydroxyl groups is 1. The lowest BCUT2D eigenvalue weighted by molar-refractivity contribution is -0.0774. The lowest BCUT2D eigenvalue weighted by atomic mass is 9.83. The predicted molar refractivity (Wildman–Crippen MR) is 152 cm³/mol. The summed E-state index contributed by atoms with van der Waals surface area (Å²) in [5, 5.41) is 16.5. The van der Waals surface area contributed by atoms with Crippen LogP contribution >= 0.6 is 0 Å². The second kappa shape index (κ2) is 10.1. The van der Waals surface area contributed by atoms with Crippen LogP contribution in [0.1, 0.15) is 57.1 Å². The van der Waals surface area contributed by atoms with Crippen molar-refractivity contribution >= 4 is 27.8 Å². The van der Waals surface area contributed by atoms with E-state index in [0.717, 1.165) is 81.5 Å². The summed E-state index contributed by atoms with van der Waals surface area (Å²) in [6, 6.07) is 6.96. The second-order valence-corrected chi connectivity index (χ2v) is 12.5. The summed E-state index contributed by atoms with van der Waals surface area (Å²) in [6.45, 7) is 9.55. The van der Waals surface area contributed by atoms with Crippen molar-refractivity contribution in [2.75, 3.05) is 51.3 Å². The van der Waals surface area contributed by atoms with Crippen molar-refractivity contribution < 1.29 is 9.84 Å². The molecule has 4 aliphatic rings. The Bertz CT molecular complexity index is 1410. The molecule has 4 fully saturated rings. The molecule has 9 heteroatoms. The van der Waals surface area contributed by atoms with Gasteiger partial charge in [-0.3, -0.25) is 19.2 Å². The molecule has 2 saturated heterocycles. The number of nitrogens with zero attached hydrogens (tertiary/aromatic N) is 5. The fourth-order valence-electron chi connectivity index (χ4n) is 6.52. The highest BCUT2D eigenvalue weighted by atomic mass is 16.5. The fraction of sp³-hybridized carbons (Fsp3) is 0.633. The van der Waals surface area contributed by atoms with E-state index in [4.69, 9.17) is 9.72 Å². The topological polar surface area (TPSA) is 95.8 Å². The first kappa shape index (κ1) is 25.4. The normalized spacial score (nSPS) is 27.2. The molecule has 0 radical (unpaired) electrons. The molecule has 0 amide bonds. The van der Waals surface area contributed by atoms with Crippen molar-refractivity contribution in [3.8, 4) is 0 Å². The first-order chi connectivity index (χ1) is 18.9. The molecule has 0 bridgehead atoms. The molecule has 1 aromatic carbocycles. The number of anilines is 1. The Balaban J connectivity index is 1.22. The van der Waals surface area contributed by atoms with Crippen LogP contribution in [0.5, 0.6) is 0 Å². The number of hydrogen-bond acceptors (Lipinski definition) is 8. The van der Waals surface area contributed by atoms with Crippen LogP contribution in [0, 0.1) is 5.92 Å². The van der Waals surface area contributed by atoms with Crippen molar-refractivity contribution in [3.63, 3.8) is 0 Å². The van der Waals surface area contributed by atoms with Crippen LogP contribution in [0.4, 0.5) is 5.95 Å². The van der Waals surface area contributed by atoms with Gasteiger partial charge in [-0.25, -0.2) is 4.98 Å². The van der Waals surface area contributed by atoms with Gasteiger partial charge < -0.3 is 15.2 Å². The van der Waals surface area contributed by atoms with E-state index in [0.29, 0.717) is 36.4 Å². The van der Waals surface area contributed by atoms with E-state index >= 15 is 0 Å². The molecule has 2 aliphatic carbocycles. The zero-order chi connectivity index (χ0) is 26.6. The zero-order valence-corrected chi connectivity index (χ0v) is 22.9. The summed E-state index contributed by atoms with van der Waals surface area (Å²) >= 11 is 0. The van der Waals surface area contributed by atoms with Gasteiger partial charge in [0.25, 0.3) is 5.56 Å². The van der Waals surface area contributed by atoms with Crippen LogP contribution in [0.2, 0.25) is 0 Å². The number of piperazine rings is 1. The molecule has 9 nitrogen and oxygen atoms in total. The SMILES string of the molecule is CC1(O)CCC(n2c(=O)c3cc(CN4CCN(C5COC5)CC4)ccc3c3cnc(NCC4CC4)nc32)CC1. The monoisotopic (exact) mass is 532 g/mol. The van der Waals surface area contributed by atoms with Crippen LogP contribution < -0.4 is 10.9 Å². The van der Waals surface area contributed by atoms with Gasteiger partial charge in [-0.2, -0.15) is 4.98 Å². The molecule has 0 unspecified atom stereocenters. The summed E-state index contributed by atoms with van der Waals surface area (Å²) in [7, 11) is 0. The van der Waals surface area contributed by atoms with E-state index in [1.54, 1.807) is 0 Å². The number of hydrogen-bond donors (Lipinski definition) is 2. The predicted octanol–water partition coefficient (Wildman–Crippen LogP) is 3.15. The van der Waals surface area contributed by atoms with Crippen LogP contribution in [-0.4, -0.2) is 87.0 Å². The van der Waals surface area contributed by atoms with Crippen molar-refractivity contribution in [2.24, 2.45) is 5.92 Å². The van der Waals surface area contributed by atoms with E-state index in [1.165, 1.54) is 18.4 Å². The molecule has 4 heterocycles. The summed E-state index contributed by atoms with van der Waals surface area (Å²) < 4.78 is 7.29. The van der Waals surface area contributed by atoms with Crippen molar-refractivity contribution in [3.05, 3.63) is 40.3 Å². The van der Waals surface area contributed by atoms with Gasteiger partial charge >= 0.3 is 0 Å². The highest BCUT2D eigenvalue weighted by molar-refractivity contribution is 6.04. The molecular weight excluding hydrogens is 492 g/mol. The molecule has 3 aromatic rings. The minimum Gasteiger partial charge on any atom is -0.390 e. The van der Waals surface area contributed by atoms with Gasteiger partial charge in [-0.1, -0.05) is 12.1 Å². The molecule has 7 rings (SSSR count). The largest absolute Gasteiger partial charge is 0.390 e. The summed E-state index contributed by atoms with van der Waals surface area (Å²) in [5.41, 5.74) is 1.23. The zero-order valence-electron chi connectivity index (χ0n) is 22.9. The lowest BCUT2D eigenvalue weighted by Crippen LogP contribution is -2.56. The molecule has 39 heavy (non-hydrogen) atoms. The highest BCUT2D eigenvalue weighted by Gasteiger charge is 2.32. The lowest BCUT2D eigenvalue weighted by Gasteiger charge is -2.42. The average Bonchev–Trinajstić information content (AvgIpc) is 3.73. The third-order valence-corrected chi connectivity index (χ3v) is 9.41. The van der Waals surface area contributed by atoms with E-state index in [-0.39, 0.29) is 11.6 Å². The Morgan fingerprint density at radius 1 is 1.03 bits per heavy atom. The molecular formula is C30H40N6O3. The number of fused-ring (bicyclic) bond motifs is 3. The van der Waals surface area contributed by atoms with Gasteiger partial charge in [0.1, 0.15) is 5.65 Å². The Morgan fingerprint density at radius 2 is 1.79 bits per heavy atom. The number of aromatic nitrogens is 3. The van der Waals surface area contributed by atoms with Crippen LogP contribution in [0.25, 0.3) is 21.8 Å². The summed E-state index contributed by atoms with van der Waals surface area (Å²) in [5.74, 6) is 1.30. The fourth-order valence-corrected chi connectivity index (χ4v) is 6.52. The van der Waals surface area contributed by atoms with Gasteiger partial charge in [-0.15, -0.1) is 0 Å². The van der Waals surface area contributed by atoms with Gasteiger partial charge in [0.2, 0.25) is 5.95 Å². The van der Waals surface area contributed by atoms with Gasteiger partial charge in [0, 0.05) is 62.3 Å². The number of ether oxygens (including phenoxy) is 1.